The van der Waals surface area contributed by atoms with Gasteiger partial charge in [-0.2, -0.15) is 0 Å². The first-order valence-corrected chi connectivity index (χ1v) is 5.01. The molecular weight excluding hydrogens is 333 g/mol. The SMILES string of the molecule is BrB(Br)Br.ClCCl. The van der Waals surface area contributed by atoms with E-state index in [1.807, 2.05) is 0 Å². The second kappa shape index (κ2) is 11.0. The molecule has 44 valence electrons. The van der Waals surface area contributed by atoms with Gasteiger partial charge in [-0.25, -0.2) is 0 Å². The fourth-order valence-electron chi connectivity index (χ4n) is 0. The molecule has 0 nitrogen and oxygen atoms in total. The Morgan fingerprint density at radius 2 is 1.14 bits per heavy atom. The zero-order valence-electron chi connectivity index (χ0n) is 3.17. The third kappa shape index (κ3) is 68.9. The van der Waals surface area contributed by atoms with E-state index in [-0.39, 0.29) is 8.52 Å². The molecule has 0 bridgehead atoms. The number of hydrogen-bond donors (Lipinski definition) is 0. The molecule has 0 unspecified atom stereocenters. The van der Waals surface area contributed by atoms with E-state index in [0.29, 0.717) is 0 Å². The minimum Gasteiger partial charge on any atom is -0.123 e. The Balaban J connectivity index is 0. The Bertz CT molecular complexity index is 24.1. The fourth-order valence-corrected chi connectivity index (χ4v) is 0. The lowest BCUT2D eigenvalue weighted by atomic mass is 10.8. The topological polar surface area (TPSA) is 0 Å². The van der Waals surface area contributed by atoms with E-state index < -0.39 is 0 Å². The first-order valence-electron chi connectivity index (χ1n) is 1.19. The molecule has 0 aromatic carbocycles. The van der Waals surface area contributed by atoms with Crippen molar-refractivity contribution in [2.45, 2.75) is 0 Å². The summed E-state index contributed by atoms with van der Waals surface area (Å²) in [6.07, 6.45) is 0. The summed E-state index contributed by atoms with van der Waals surface area (Å²) in [5.74, 6) is 0. The molecule has 0 aromatic rings. The highest BCUT2D eigenvalue weighted by Gasteiger charge is 1.87. The normalized spacial score (nSPS) is 6.43. The number of halogens is 5. The maximum absolute atomic E-state index is 4.76. The van der Waals surface area contributed by atoms with Crippen molar-refractivity contribution in [1.82, 2.24) is 0 Å². The van der Waals surface area contributed by atoms with Gasteiger partial charge in [-0.3, -0.25) is 0 Å². The monoisotopic (exact) mass is 332 g/mol. The fraction of sp³-hybridized carbons (Fsp3) is 1.00. The van der Waals surface area contributed by atoms with Crippen LogP contribution < -0.4 is 0 Å². The van der Waals surface area contributed by atoms with Crippen molar-refractivity contribution >= 4 is 73.7 Å². The van der Waals surface area contributed by atoms with Gasteiger partial charge in [0.15, 0.2) is 0 Å². The summed E-state index contributed by atoms with van der Waals surface area (Å²) in [6.45, 7) is 0. The van der Waals surface area contributed by atoms with E-state index in [1.165, 1.54) is 0 Å². The van der Waals surface area contributed by atoms with Crippen molar-refractivity contribution in [3.8, 4) is 0 Å². The lowest BCUT2D eigenvalue weighted by Gasteiger charge is -1.63. The zero-order valence-corrected chi connectivity index (χ0v) is 9.44. The highest BCUT2D eigenvalue weighted by atomic mass is 79.9. The highest BCUT2D eigenvalue weighted by molar-refractivity contribution is 9.69. The quantitative estimate of drug-likeness (QED) is 0.469. The van der Waals surface area contributed by atoms with Crippen LogP contribution in [-0.4, -0.2) is 8.52 Å². The molecule has 6 heteroatoms. The van der Waals surface area contributed by atoms with Gasteiger partial charge in [-0.05, 0) is 0 Å². The first-order chi connectivity index (χ1) is 3.15. The van der Waals surface area contributed by atoms with Crippen LogP contribution in [0.5, 0.6) is 0 Å². The number of rotatable bonds is 0. The molecule has 0 N–H and O–H groups in total. The molecule has 0 saturated heterocycles. The van der Waals surface area contributed by atoms with Crippen molar-refractivity contribution in [3.05, 3.63) is 0 Å². The summed E-state index contributed by atoms with van der Waals surface area (Å²) >= 11 is 18.8. The van der Waals surface area contributed by atoms with Gasteiger partial charge < -0.3 is 0 Å². The minimum atomic E-state index is 0.194. The summed E-state index contributed by atoms with van der Waals surface area (Å²) < 4.78 is 0.271. The van der Waals surface area contributed by atoms with Crippen LogP contribution in [0.3, 0.4) is 0 Å². The lowest BCUT2D eigenvalue weighted by molar-refractivity contribution is 2.20. The van der Waals surface area contributed by atoms with E-state index >= 15 is 0 Å². The van der Waals surface area contributed by atoms with Crippen LogP contribution in [-0.2, 0) is 0 Å². The molecule has 7 heavy (non-hydrogen) atoms. The summed E-state index contributed by atoms with van der Waals surface area (Å²) in [7, 11) is 0. The molecule has 0 radical (unpaired) electrons. The van der Waals surface area contributed by atoms with Crippen LogP contribution >= 0.6 is 70.5 Å². The molecule has 0 aliphatic heterocycles. The Kier molecular flexibility index (Phi) is 18.5. The molecule has 0 aliphatic rings. The Hall–Kier alpha value is 2.08. The van der Waals surface area contributed by atoms with Crippen molar-refractivity contribution < 1.29 is 0 Å². The van der Waals surface area contributed by atoms with Gasteiger partial charge in [0.25, 0.3) is 0 Å². The third-order valence-electron chi connectivity index (χ3n) is 0. The van der Waals surface area contributed by atoms with Crippen LogP contribution in [0.2, 0.25) is 0 Å². The van der Waals surface area contributed by atoms with Gasteiger partial charge in [-0.15, -0.1) is 70.5 Å². The average molecular weight is 335 g/mol. The standard InChI is InChI=1S/CH2Cl2.BBr3/c2-1-3;2-1(3)4/h1H2;. The van der Waals surface area contributed by atoms with Crippen LogP contribution in [0.25, 0.3) is 0 Å². The zero-order chi connectivity index (χ0) is 6.28. The predicted octanol–water partition coefficient (Wildman–Crippen LogP) is 3.58. The molecule has 0 aromatic heterocycles. The number of alkyl halides is 2. The third-order valence-corrected chi connectivity index (χ3v) is 0. The second-order valence-electron chi connectivity index (χ2n) is 0.348. The summed E-state index contributed by atoms with van der Waals surface area (Å²) in [6, 6.07) is 0. The Morgan fingerprint density at radius 1 is 1.14 bits per heavy atom. The van der Waals surface area contributed by atoms with Crippen LogP contribution in [0, 0.1) is 0 Å². The van der Waals surface area contributed by atoms with Crippen molar-refractivity contribution in [3.63, 3.8) is 0 Å². The molecule has 0 saturated carbocycles. The van der Waals surface area contributed by atoms with Crippen LogP contribution in [0.4, 0.5) is 0 Å². The van der Waals surface area contributed by atoms with Gasteiger partial charge >= 0.3 is 3.18 Å². The molecular formula is CH2BBr3Cl2. The van der Waals surface area contributed by atoms with E-state index in [0.717, 1.165) is 0 Å². The molecule has 0 fully saturated rings. The summed E-state index contributed by atoms with van der Waals surface area (Å²) in [4.78, 5) is 0. The molecule has 0 atom stereocenters. The van der Waals surface area contributed by atoms with Crippen LogP contribution in [0.1, 0.15) is 0 Å². The van der Waals surface area contributed by atoms with Gasteiger partial charge in [0.05, 0.1) is 5.34 Å². The summed E-state index contributed by atoms with van der Waals surface area (Å²) in [5.41, 5.74) is 0. The Morgan fingerprint density at radius 3 is 1.14 bits per heavy atom. The highest BCUT2D eigenvalue weighted by Crippen LogP contribution is 2.07. The largest absolute Gasteiger partial charge is 0.369 e. The lowest BCUT2D eigenvalue weighted by Crippen LogP contribution is -1.60. The minimum absolute atomic E-state index is 0.194. The van der Waals surface area contributed by atoms with Crippen LogP contribution in [0.15, 0.2) is 0 Å². The average Bonchev–Trinajstić information content (AvgIpc) is 1.33. The van der Waals surface area contributed by atoms with E-state index in [2.05, 4.69) is 47.3 Å². The molecule has 0 spiro atoms. The second-order valence-corrected chi connectivity index (χ2v) is 7.59. The van der Waals surface area contributed by atoms with Gasteiger partial charge in [0.1, 0.15) is 0 Å². The van der Waals surface area contributed by atoms with Gasteiger partial charge in [0.2, 0.25) is 0 Å². The van der Waals surface area contributed by atoms with Gasteiger partial charge in [0, 0.05) is 0 Å². The molecule has 0 rings (SSSR count). The van der Waals surface area contributed by atoms with E-state index in [4.69, 9.17) is 23.2 Å². The first kappa shape index (κ1) is 11.8. The van der Waals surface area contributed by atoms with Gasteiger partial charge in [-0.1, -0.05) is 0 Å². The molecule has 0 aliphatic carbocycles. The smallest absolute Gasteiger partial charge is 0.123 e. The maximum atomic E-state index is 4.76. The summed E-state index contributed by atoms with van der Waals surface area (Å²) in [5, 5.41) is 0.194. The van der Waals surface area contributed by atoms with E-state index in [1.54, 1.807) is 0 Å². The van der Waals surface area contributed by atoms with E-state index in [9.17, 15) is 0 Å². The predicted molar refractivity (Wildman–Crippen MR) is 49.1 cm³/mol. The molecule has 0 amide bonds. The Labute approximate surface area is 78.3 Å². The van der Waals surface area contributed by atoms with Crippen molar-refractivity contribution in [1.29, 1.82) is 0 Å². The van der Waals surface area contributed by atoms with Crippen molar-refractivity contribution in [2.75, 3.05) is 5.34 Å². The maximum Gasteiger partial charge on any atom is 0.369 e. The molecule has 0 heterocycles. The van der Waals surface area contributed by atoms with Crippen molar-refractivity contribution in [2.24, 2.45) is 0 Å². The number of hydrogen-bond acceptors (Lipinski definition) is 0.